The zero-order valence-corrected chi connectivity index (χ0v) is 37.6. The van der Waals surface area contributed by atoms with Crippen molar-refractivity contribution in [2.75, 3.05) is 0 Å². The van der Waals surface area contributed by atoms with E-state index in [1.165, 1.54) is 0 Å². The van der Waals surface area contributed by atoms with Crippen molar-refractivity contribution < 1.29 is 18.8 Å². The number of phenolic OH excluding ortho intramolecular Hbond substituents is 1. The zero-order valence-electron chi connectivity index (χ0n) is 47.6. The third kappa shape index (κ3) is 8.23. The molecule has 0 aliphatic rings. The van der Waals surface area contributed by atoms with Gasteiger partial charge in [-0.05, 0) is 141 Å². The van der Waals surface area contributed by atoms with Gasteiger partial charge in [-0.2, -0.15) is 0 Å². The van der Waals surface area contributed by atoms with E-state index in [9.17, 15) is 5.11 Å². The lowest BCUT2D eigenvalue weighted by atomic mass is 9.83. The fourth-order valence-electron chi connectivity index (χ4n) is 8.06. The predicted octanol–water partition coefficient (Wildman–Crippen LogP) is 15.9. The standard InChI is InChI=1S/C58H61N3O/c1-35(2)42-28-43(36(3)4)30-44(29-42)40-21-22-52(38(6)27-40)61-53-20-16-19-48(54(53)60-56(61)49-25-37(5)26-50(55(49)62)58(10,11)12)45-31-46(33-47(32-45)57(7,8)9)51-34-41(23-24-59-51)39-17-14-13-15-18-39/h13-36,62H,1-12H3/i6D3,13D,14D,15D,17D,18D,35D,36D. The molecule has 2 heterocycles. The molecule has 0 aliphatic heterocycles. The summed E-state index contributed by atoms with van der Waals surface area (Å²) in [5, 5.41) is 12.3. The van der Waals surface area contributed by atoms with Gasteiger partial charge in [-0.1, -0.05) is 148 Å². The van der Waals surface area contributed by atoms with E-state index in [-0.39, 0.29) is 34.4 Å². The number of pyridine rings is 1. The van der Waals surface area contributed by atoms with Gasteiger partial charge in [0.05, 0.1) is 34.8 Å². The van der Waals surface area contributed by atoms with E-state index >= 15 is 0 Å². The van der Waals surface area contributed by atoms with Gasteiger partial charge in [-0.3, -0.25) is 9.55 Å². The monoisotopic (exact) mass is 826 g/mol. The molecular weight excluding hydrogens is 755 g/mol. The molecule has 0 unspecified atom stereocenters. The van der Waals surface area contributed by atoms with Crippen LogP contribution in [0.15, 0.2) is 133 Å². The number of aromatic hydroxyl groups is 1. The molecule has 0 fully saturated rings. The lowest BCUT2D eigenvalue weighted by molar-refractivity contribution is 0.448. The lowest BCUT2D eigenvalue weighted by Gasteiger charge is -2.23. The van der Waals surface area contributed by atoms with Crippen molar-refractivity contribution >= 4 is 11.0 Å². The molecule has 0 saturated carbocycles. The first-order valence-electron chi connectivity index (χ1n) is 26.1. The third-order valence-electron chi connectivity index (χ3n) is 11.6. The molecule has 0 aliphatic carbocycles. The first kappa shape index (κ1) is 31.6. The Bertz CT molecular complexity index is 3410. The normalized spacial score (nSPS) is 15.1. The van der Waals surface area contributed by atoms with E-state index < -0.39 is 42.2 Å². The number of para-hydroxylation sites is 1. The Morgan fingerprint density at radius 1 is 0.661 bits per heavy atom. The minimum atomic E-state index is -2.64. The number of phenols is 1. The number of benzene rings is 6. The summed E-state index contributed by atoms with van der Waals surface area (Å²) in [4.78, 5) is 10.1. The van der Waals surface area contributed by atoms with Crippen LogP contribution in [0.25, 0.3) is 72.7 Å². The second kappa shape index (κ2) is 16.2. The highest BCUT2D eigenvalue weighted by atomic mass is 16.3. The van der Waals surface area contributed by atoms with Crippen LogP contribution >= 0.6 is 0 Å². The van der Waals surface area contributed by atoms with Crippen molar-refractivity contribution in [3.8, 4) is 67.5 Å². The van der Waals surface area contributed by atoms with Gasteiger partial charge in [0.15, 0.2) is 0 Å². The van der Waals surface area contributed by atoms with Crippen LogP contribution < -0.4 is 0 Å². The van der Waals surface area contributed by atoms with Crippen molar-refractivity contribution in [1.29, 1.82) is 0 Å². The van der Waals surface area contributed by atoms with Crippen molar-refractivity contribution in [2.45, 2.75) is 106 Å². The molecule has 2 aromatic heterocycles. The van der Waals surface area contributed by atoms with Gasteiger partial charge in [-0.15, -0.1) is 0 Å². The second-order valence-corrected chi connectivity index (χ2v) is 18.9. The summed E-state index contributed by atoms with van der Waals surface area (Å²) in [6.45, 7) is 18.9. The number of fused-ring (bicyclic) bond motifs is 1. The molecule has 0 radical (unpaired) electrons. The Kier molecular flexibility index (Phi) is 8.26. The van der Waals surface area contributed by atoms with Gasteiger partial charge in [0.1, 0.15) is 11.6 Å². The Hall–Kier alpha value is -6.26. The number of aryl methyl sites for hydroxylation is 2. The minimum Gasteiger partial charge on any atom is -0.507 e. The van der Waals surface area contributed by atoms with Gasteiger partial charge in [0.25, 0.3) is 0 Å². The summed E-state index contributed by atoms with van der Waals surface area (Å²) in [6.07, 6.45) is 1.57. The fraction of sp³-hybridized carbons (Fsp3) is 0.276. The van der Waals surface area contributed by atoms with Crippen LogP contribution in [0.1, 0.15) is 128 Å². The van der Waals surface area contributed by atoms with E-state index in [4.69, 9.17) is 23.7 Å². The van der Waals surface area contributed by atoms with Crippen LogP contribution in [-0.4, -0.2) is 19.6 Å². The van der Waals surface area contributed by atoms with E-state index in [2.05, 4.69) is 26.8 Å². The topological polar surface area (TPSA) is 50.9 Å². The molecule has 0 amide bonds. The molecule has 8 aromatic rings. The molecule has 0 atom stereocenters. The second-order valence-electron chi connectivity index (χ2n) is 18.9. The Labute approximate surface area is 383 Å². The van der Waals surface area contributed by atoms with Gasteiger partial charge in [0, 0.05) is 29.7 Å². The maximum atomic E-state index is 12.3. The largest absolute Gasteiger partial charge is 0.507 e. The van der Waals surface area contributed by atoms with Crippen LogP contribution in [0.4, 0.5) is 0 Å². The van der Waals surface area contributed by atoms with E-state index in [0.29, 0.717) is 72.7 Å². The number of hydrogen-bond donors (Lipinski definition) is 1. The summed E-state index contributed by atoms with van der Waals surface area (Å²) in [5.41, 5.74) is 9.54. The van der Waals surface area contributed by atoms with Crippen LogP contribution in [-0.2, 0) is 10.8 Å². The van der Waals surface area contributed by atoms with Crippen LogP contribution in [0.3, 0.4) is 0 Å². The van der Waals surface area contributed by atoms with Crippen molar-refractivity contribution in [1.82, 2.24) is 14.5 Å². The van der Waals surface area contributed by atoms with Crippen molar-refractivity contribution in [3.63, 3.8) is 0 Å². The van der Waals surface area contributed by atoms with E-state index in [1.807, 2.05) is 99.0 Å². The highest BCUT2D eigenvalue weighted by Crippen LogP contribution is 2.44. The maximum absolute atomic E-state index is 12.3. The number of imidazole rings is 1. The zero-order chi connectivity index (χ0) is 52.9. The number of nitrogens with zero attached hydrogens (tertiary/aromatic N) is 3. The smallest absolute Gasteiger partial charge is 0.149 e. The SMILES string of the molecule is [2H]c1c([2H])c([2H])c(-c2ccnc(-c3cc(-c4cccc5c4nc(-c4cc(C)cc(C(C)(C)C)c4O)n5-c4ccc(-c5cc(C([2H])(C)C)cc(C([2H])(C)C)c5)cc4C([2H])([2H])[2H])cc(C(C)(C)C)c3)c2)c([2H])c1[2H]. The lowest BCUT2D eigenvalue weighted by Crippen LogP contribution is -2.12. The highest BCUT2D eigenvalue weighted by molar-refractivity contribution is 5.97. The Balaban J connectivity index is 1.42. The van der Waals surface area contributed by atoms with Gasteiger partial charge in [0.2, 0.25) is 0 Å². The van der Waals surface area contributed by atoms with Crippen molar-refractivity contribution in [2.24, 2.45) is 0 Å². The Morgan fingerprint density at radius 3 is 2.02 bits per heavy atom. The third-order valence-corrected chi connectivity index (χ3v) is 11.6. The molecule has 4 nitrogen and oxygen atoms in total. The fourth-order valence-corrected chi connectivity index (χ4v) is 8.06. The highest BCUT2D eigenvalue weighted by Gasteiger charge is 2.27. The van der Waals surface area contributed by atoms with Gasteiger partial charge >= 0.3 is 0 Å². The molecule has 4 heteroatoms. The summed E-state index contributed by atoms with van der Waals surface area (Å²) < 4.78 is 89.0. The van der Waals surface area contributed by atoms with Crippen LogP contribution in [0.5, 0.6) is 5.75 Å². The average Bonchev–Trinajstić information content (AvgIpc) is 3.68. The summed E-state index contributed by atoms with van der Waals surface area (Å²) in [7, 11) is 0. The number of rotatable bonds is 8. The van der Waals surface area contributed by atoms with Crippen LogP contribution in [0.2, 0.25) is 0 Å². The van der Waals surface area contributed by atoms with E-state index in [1.54, 1.807) is 58.2 Å². The molecule has 6 aromatic carbocycles. The average molecular weight is 826 g/mol. The predicted molar refractivity (Wildman–Crippen MR) is 263 cm³/mol. The van der Waals surface area contributed by atoms with Crippen molar-refractivity contribution in [3.05, 3.63) is 167 Å². The summed E-state index contributed by atoms with van der Waals surface area (Å²) in [6, 6.07) is 28.1. The minimum absolute atomic E-state index is 0.0284. The quantitative estimate of drug-likeness (QED) is 0.166. The first-order chi connectivity index (χ1) is 33.2. The summed E-state index contributed by atoms with van der Waals surface area (Å²) in [5.74, 6) is -1.62. The maximum Gasteiger partial charge on any atom is 0.149 e. The van der Waals surface area contributed by atoms with Gasteiger partial charge < -0.3 is 5.11 Å². The molecule has 0 bridgehead atoms. The molecule has 8 rings (SSSR count). The number of hydrogen-bond acceptors (Lipinski definition) is 3. The summed E-state index contributed by atoms with van der Waals surface area (Å²) >= 11 is 0. The Morgan fingerprint density at radius 2 is 1.35 bits per heavy atom. The van der Waals surface area contributed by atoms with E-state index in [0.717, 1.165) is 22.3 Å². The molecule has 1 N–H and O–H groups in total. The van der Waals surface area contributed by atoms with Crippen LogP contribution in [0, 0.1) is 13.8 Å². The number of aromatic nitrogens is 3. The molecule has 62 heavy (non-hydrogen) atoms. The first-order valence-corrected chi connectivity index (χ1v) is 21.1. The van der Waals surface area contributed by atoms with Gasteiger partial charge in [-0.25, -0.2) is 4.98 Å². The molecule has 0 saturated heterocycles. The molecule has 314 valence electrons. The molecule has 0 spiro atoms. The molecular formula is C58H61N3O.